The minimum Gasteiger partial charge on any atom is -0.0824 e. The molecule has 0 saturated carbocycles. The van der Waals surface area contributed by atoms with Gasteiger partial charge in [0.2, 0.25) is 0 Å². The molecule has 0 aliphatic heterocycles. The van der Waals surface area contributed by atoms with E-state index in [4.69, 9.17) is 0 Å². The first-order chi connectivity index (χ1) is 6.68. The monoisotopic (exact) mass is 202 g/mol. The molecule has 0 nitrogen and oxygen atoms in total. The molecule has 0 atom stereocenters. The Morgan fingerprint density at radius 2 is 1.53 bits per heavy atom. The van der Waals surface area contributed by atoms with E-state index in [2.05, 4.69) is 67.6 Å². The number of benzene rings is 1. The molecule has 0 saturated heterocycles. The summed E-state index contributed by atoms with van der Waals surface area (Å²) in [6.07, 6.45) is 0. The molecule has 0 aliphatic carbocycles. The van der Waals surface area contributed by atoms with Crippen molar-refractivity contribution in [3.8, 4) is 0 Å². The van der Waals surface area contributed by atoms with Crippen LogP contribution in [0.15, 0.2) is 18.2 Å². The first kappa shape index (κ1) is 12.4. The third kappa shape index (κ3) is 2.11. The van der Waals surface area contributed by atoms with Gasteiger partial charge in [0.15, 0.2) is 0 Å². The van der Waals surface area contributed by atoms with Gasteiger partial charge in [-0.1, -0.05) is 63.8 Å². The SMILES string of the molecule is Bc1c(C)cccc1C(C)(C)C(C)(C)C. The summed E-state index contributed by atoms with van der Waals surface area (Å²) in [5.41, 5.74) is 4.81. The highest BCUT2D eigenvalue weighted by Gasteiger charge is 2.35. The highest BCUT2D eigenvalue weighted by Crippen LogP contribution is 2.39. The van der Waals surface area contributed by atoms with Crippen LogP contribution in [0, 0.1) is 12.3 Å². The number of hydrogen-bond acceptors (Lipinski definition) is 0. The lowest BCUT2D eigenvalue weighted by molar-refractivity contribution is 0.226. The molecule has 1 rings (SSSR count). The Balaban J connectivity index is 3.34. The molecule has 1 aromatic rings. The molecule has 82 valence electrons. The van der Waals surface area contributed by atoms with E-state index < -0.39 is 0 Å². The zero-order valence-corrected chi connectivity index (χ0v) is 11.2. The Labute approximate surface area is 95.5 Å². The summed E-state index contributed by atoms with van der Waals surface area (Å²) in [4.78, 5) is 0. The first-order valence-electron chi connectivity index (χ1n) is 5.74. The van der Waals surface area contributed by atoms with E-state index in [1.807, 2.05) is 0 Å². The summed E-state index contributed by atoms with van der Waals surface area (Å²) in [6, 6.07) is 6.64. The van der Waals surface area contributed by atoms with E-state index >= 15 is 0 Å². The third-order valence-corrected chi connectivity index (χ3v) is 4.15. The van der Waals surface area contributed by atoms with Crippen LogP contribution in [-0.4, -0.2) is 7.85 Å². The van der Waals surface area contributed by atoms with Gasteiger partial charge >= 0.3 is 0 Å². The van der Waals surface area contributed by atoms with Crippen molar-refractivity contribution in [2.24, 2.45) is 5.41 Å². The molecule has 0 heterocycles. The van der Waals surface area contributed by atoms with Gasteiger partial charge in [-0.3, -0.25) is 0 Å². The average molecular weight is 202 g/mol. The van der Waals surface area contributed by atoms with Gasteiger partial charge in [-0.2, -0.15) is 0 Å². The minimum atomic E-state index is 0.211. The maximum absolute atomic E-state index is 2.34. The standard InChI is InChI=1S/C14H23B/c1-10-8-7-9-11(12(10)15)14(5,6)13(2,3)4/h7-9H,15H2,1-6H3. The fourth-order valence-corrected chi connectivity index (χ4v) is 1.83. The van der Waals surface area contributed by atoms with E-state index in [9.17, 15) is 0 Å². The molecule has 0 aliphatic rings. The zero-order valence-electron chi connectivity index (χ0n) is 11.2. The van der Waals surface area contributed by atoms with Gasteiger partial charge < -0.3 is 0 Å². The van der Waals surface area contributed by atoms with Crippen molar-refractivity contribution in [2.45, 2.75) is 47.0 Å². The molecule has 1 heteroatoms. The molecule has 15 heavy (non-hydrogen) atoms. The summed E-state index contributed by atoms with van der Waals surface area (Å²) >= 11 is 0. The highest BCUT2D eigenvalue weighted by atomic mass is 14.4. The second kappa shape index (κ2) is 3.70. The lowest BCUT2D eigenvalue weighted by Gasteiger charge is -2.41. The predicted molar refractivity (Wildman–Crippen MR) is 71.8 cm³/mol. The topological polar surface area (TPSA) is 0 Å². The predicted octanol–water partition coefficient (Wildman–Crippen LogP) is 2.58. The zero-order chi connectivity index (χ0) is 11.9. The van der Waals surface area contributed by atoms with Gasteiger partial charge in [-0.25, -0.2) is 0 Å². The molecule has 0 amide bonds. The molecule has 0 bridgehead atoms. The highest BCUT2D eigenvalue weighted by molar-refractivity contribution is 6.34. The van der Waals surface area contributed by atoms with Crippen molar-refractivity contribution in [3.05, 3.63) is 29.3 Å². The Bertz CT molecular complexity index is 356. The van der Waals surface area contributed by atoms with Crippen LogP contribution in [0.1, 0.15) is 45.7 Å². The fraction of sp³-hybridized carbons (Fsp3) is 0.571. The van der Waals surface area contributed by atoms with Gasteiger partial charge in [-0.15, -0.1) is 0 Å². The Morgan fingerprint density at radius 3 is 2.00 bits per heavy atom. The van der Waals surface area contributed by atoms with E-state index in [1.165, 1.54) is 16.6 Å². The van der Waals surface area contributed by atoms with Crippen molar-refractivity contribution in [1.29, 1.82) is 0 Å². The van der Waals surface area contributed by atoms with Crippen molar-refractivity contribution >= 4 is 13.3 Å². The largest absolute Gasteiger partial charge is 0.140 e. The van der Waals surface area contributed by atoms with Crippen LogP contribution in [0.2, 0.25) is 0 Å². The normalized spacial score (nSPS) is 12.9. The van der Waals surface area contributed by atoms with Crippen LogP contribution in [0.3, 0.4) is 0 Å². The lowest BCUT2D eigenvalue weighted by atomic mass is 9.62. The molecule has 1 aromatic carbocycles. The van der Waals surface area contributed by atoms with Crippen LogP contribution in [0.5, 0.6) is 0 Å². The van der Waals surface area contributed by atoms with Crippen molar-refractivity contribution < 1.29 is 0 Å². The minimum absolute atomic E-state index is 0.211. The van der Waals surface area contributed by atoms with Gasteiger partial charge in [0.25, 0.3) is 0 Å². The van der Waals surface area contributed by atoms with Crippen molar-refractivity contribution in [1.82, 2.24) is 0 Å². The lowest BCUT2D eigenvalue weighted by Crippen LogP contribution is -2.38. The Hall–Kier alpha value is -0.715. The average Bonchev–Trinajstić information content (AvgIpc) is 2.07. The maximum Gasteiger partial charge on any atom is 0.140 e. The molecule has 0 fully saturated rings. The second-order valence-electron chi connectivity index (χ2n) is 6.12. The van der Waals surface area contributed by atoms with Crippen LogP contribution < -0.4 is 5.46 Å². The van der Waals surface area contributed by atoms with Gasteiger partial charge in [-0.05, 0) is 23.3 Å². The molecular weight excluding hydrogens is 179 g/mol. The quantitative estimate of drug-likeness (QED) is 0.614. The van der Waals surface area contributed by atoms with E-state index in [1.54, 1.807) is 0 Å². The van der Waals surface area contributed by atoms with Crippen molar-refractivity contribution in [3.63, 3.8) is 0 Å². The smallest absolute Gasteiger partial charge is 0.0824 e. The van der Waals surface area contributed by atoms with E-state index in [-0.39, 0.29) is 10.8 Å². The van der Waals surface area contributed by atoms with Crippen LogP contribution in [0.4, 0.5) is 0 Å². The fourth-order valence-electron chi connectivity index (χ4n) is 1.83. The molecule has 0 aromatic heterocycles. The first-order valence-corrected chi connectivity index (χ1v) is 5.74. The second-order valence-corrected chi connectivity index (χ2v) is 6.12. The van der Waals surface area contributed by atoms with Gasteiger partial charge in [0.05, 0.1) is 0 Å². The van der Waals surface area contributed by atoms with Crippen LogP contribution in [-0.2, 0) is 5.41 Å². The van der Waals surface area contributed by atoms with Crippen LogP contribution in [0.25, 0.3) is 0 Å². The maximum atomic E-state index is 2.34. The van der Waals surface area contributed by atoms with Gasteiger partial charge in [0, 0.05) is 0 Å². The number of rotatable bonds is 1. The molecular formula is C14H23B. The summed E-state index contributed by atoms with van der Waals surface area (Å²) < 4.78 is 0. The summed E-state index contributed by atoms with van der Waals surface area (Å²) in [7, 11) is 2.23. The van der Waals surface area contributed by atoms with Gasteiger partial charge in [0.1, 0.15) is 7.85 Å². The molecule has 0 unspecified atom stereocenters. The Kier molecular flexibility index (Phi) is 3.05. The number of hydrogen-bond donors (Lipinski definition) is 0. The Morgan fingerprint density at radius 1 is 1.00 bits per heavy atom. The summed E-state index contributed by atoms with van der Waals surface area (Å²) in [6.45, 7) is 13.8. The molecule has 0 N–H and O–H groups in total. The summed E-state index contributed by atoms with van der Waals surface area (Å²) in [5, 5.41) is 0. The number of aryl methyl sites for hydroxylation is 1. The van der Waals surface area contributed by atoms with E-state index in [0.29, 0.717) is 0 Å². The van der Waals surface area contributed by atoms with Crippen LogP contribution >= 0.6 is 0 Å². The van der Waals surface area contributed by atoms with Crippen molar-refractivity contribution in [2.75, 3.05) is 0 Å². The summed E-state index contributed by atoms with van der Waals surface area (Å²) in [5.74, 6) is 0. The van der Waals surface area contributed by atoms with E-state index in [0.717, 1.165) is 0 Å². The molecule has 0 radical (unpaired) electrons. The molecule has 0 spiro atoms. The third-order valence-electron chi connectivity index (χ3n) is 4.15.